The fourth-order valence-corrected chi connectivity index (χ4v) is 4.31. The summed E-state index contributed by atoms with van der Waals surface area (Å²) in [5, 5.41) is 9.43. The van der Waals surface area contributed by atoms with Crippen molar-refractivity contribution < 1.29 is 18.0 Å². The number of nitrogens with one attached hydrogen (secondary N) is 1. The van der Waals surface area contributed by atoms with E-state index in [2.05, 4.69) is 5.32 Å². The molecular formula is C9H13N3O4S2. The van der Waals surface area contributed by atoms with Crippen molar-refractivity contribution in [1.29, 1.82) is 5.26 Å². The highest BCUT2D eigenvalue weighted by Gasteiger charge is 2.36. The molecule has 1 aliphatic rings. The van der Waals surface area contributed by atoms with Crippen LogP contribution in [0.3, 0.4) is 0 Å². The average Bonchev–Trinajstić information content (AvgIpc) is 2.34. The molecule has 1 heterocycles. The van der Waals surface area contributed by atoms with Crippen molar-refractivity contribution in [2.75, 3.05) is 30.9 Å². The summed E-state index contributed by atoms with van der Waals surface area (Å²) in [6.45, 7) is -0.0715. The lowest BCUT2D eigenvalue weighted by Crippen LogP contribution is -2.54. The molecule has 0 bridgehead atoms. The van der Waals surface area contributed by atoms with Gasteiger partial charge in [-0.3, -0.25) is 9.59 Å². The molecule has 1 rings (SSSR count). The predicted molar refractivity (Wildman–Crippen MR) is 66.3 cm³/mol. The molecule has 100 valence electrons. The van der Waals surface area contributed by atoms with Crippen LogP contribution in [0.15, 0.2) is 0 Å². The predicted octanol–water partition coefficient (Wildman–Crippen LogP) is -1.43. The van der Waals surface area contributed by atoms with Crippen molar-refractivity contribution >= 4 is 33.4 Å². The summed E-state index contributed by atoms with van der Waals surface area (Å²) in [6.07, 6.45) is 1.04. The molecule has 18 heavy (non-hydrogen) atoms. The lowest BCUT2D eigenvalue weighted by molar-refractivity contribution is -0.146. The van der Waals surface area contributed by atoms with Crippen molar-refractivity contribution in [3.63, 3.8) is 0 Å². The van der Waals surface area contributed by atoms with E-state index < -0.39 is 27.0 Å². The molecule has 1 aliphatic heterocycles. The zero-order chi connectivity index (χ0) is 13.8. The molecule has 1 fully saturated rings. The van der Waals surface area contributed by atoms with Crippen LogP contribution in [0, 0.1) is 11.3 Å². The second-order valence-corrected chi connectivity index (χ2v) is 7.05. The van der Waals surface area contributed by atoms with E-state index in [4.69, 9.17) is 5.26 Å². The first-order chi connectivity index (χ1) is 8.38. The monoisotopic (exact) mass is 291 g/mol. The van der Waals surface area contributed by atoms with E-state index >= 15 is 0 Å². The third-order valence-corrected chi connectivity index (χ3v) is 5.01. The number of nitriles is 1. The maximum absolute atomic E-state index is 11.8. The van der Waals surface area contributed by atoms with Crippen LogP contribution in [-0.4, -0.2) is 61.4 Å². The second kappa shape index (κ2) is 6.06. The molecular weight excluding hydrogens is 278 g/mol. The molecule has 9 heteroatoms. The Morgan fingerprint density at radius 2 is 2.22 bits per heavy atom. The van der Waals surface area contributed by atoms with Crippen LogP contribution in [0.2, 0.25) is 0 Å². The van der Waals surface area contributed by atoms with Gasteiger partial charge in [-0.15, -0.1) is 0 Å². The Kier molecular flexibility index (Phi) is 4.98. The van der Waals surface area contributed by atoms with Gasteiger partial charge in [0.25, 0.3) is 0 Å². The second-order valence-electron chi connectivity index (χ2n) is 3.70. The van der Waals surface area contributed by atoms with Gasteiger partial charge in [-0.05, 0) is 0 Å². The molecule has 0 aromatic carbocycles. The van der Waals surface area contributed by atoms with E-state index in [1.54, 1.807) is 6.07 Å². The number of amides is 2. The Morgan fingerprint density at radius 1 is 1.56 bits per heavy atom. The molecule has 0 aromatic rings. The molecule has 0 radical (unpaired) electrons. The largest absolute Gasteiger partial charge is 0.335 e. The van der Waals surface area contributed by atoms with Crippen LogP contribution in [0.25, 0.3) is 0 Å². The van der Waals surface area contributed by atoms with E-state index in [0.717, 1.165) is 11.2 Å². The number of hydrogen-bond donors (Lipinski definition) is 1. The van der Waals surface area contributed by atoms with Gasteiger partial charge in [0, 0.05) is 24.3 Å². The van der Waals surface area contributed by atoms with E-state index in [9.17, 15) is 18.0 Å². The summed E-state index contributed by atoms with van der Waals surface area (Å²) in [5.74, 6) is -1.00. The Labute approximate surface area is 109 Å². The normalized spacial score (nSPS) is 20.0. The molecule has 2 amide bonds. The van der Waals surface area contributed by atoms with Gasteiger partial charge in [-0.1, -0.05) is 0 Å². The molecule has 1 unspecified atom stereocenters. The highest BCUT2D eigenvalue weighted by atomic mass is 32.2. The Morgan fingerprint density at radius 3 is 2.78 bits per heavy atom. The quantitative estimate of drug-likeness (QED) is 0.494. The first-order valence-electron chi connectivity index (χ1n) is 5.10. The first kappa shape index (κ1) is 14.8. The van der Waals surface area contributed by atoms with E-state index in [0.29, 0.717) is 5.75 Å². The highest BCUT2D eigenvalue weighted by molar-refractivity contribution is 8.00. The van der Waals surface area contributed by atoms with E-state index in [1.165, 1.54) is 11.8 Å². The van der Waals surface area contributed by atoms with Gasteiger partial charge in [0.15, 0.2) is 9.84 Å². The first-order valence-corrected chi connectivity index (χ1v) is 8.21. The molecule has 0 saturated carbocycles. The minimum atomic E-state index is -3.43. The van der Waals surface area contributed by atoms with Crippen LogP contribution in [-0.2, 0) is 19.4 Å². The summed E-state index contributed by atoms with van der Waals surface area (Å²) in [5.41, 5.74) is 0. The third-order valence-electron chi connectivity index (χ3n) is 2.36. The molecule has 0 spiro atoms. The lowest BCUT2D eigenvalue weighted by atomic mass is 10.4. The minimum absolute atomic E-state index is 0.210. The van der Waals surface area contributed by atoms with Gasteiger partial charge in [0.2, 0.25) is 0 Å². The number of carbonyl (C=O) groups is 2. The maximum Gasteiger partial charge on any atom is 0.313 e. The zero-order valence-corrected chi connectivity index (χ0v) is 11.4. The summed E-state index contributed by atoms with van der Waals surface area (Å²) >= 11 is 1.42. The third kappa shape index (κ3) is 3.61. The smallest absolute Gasteiger partial charge is 0.313 e. The standard InChI is InChI=1S/C9H13N3O4S2/c1-18(15,16)7-6-17-5-4-12(7)9(14)8(13)11-3-2-10/h7H,3-6H2,1H3,(H,11,13). The van der Waals surface area contributed by atoms with Gasteiger partial charge < -0.3 is 10.2 Å². The van der Waals surface area contributed by atoms with Gasteiger partial charge in [-0.2, -0.15) is 17.0 Å². The van der Waals surface area contributed by atoms with Gasteiger partial charge in [-0.25, -0.2) is 8.42 Å². The molecule has 1 N–H and O–H groups in total. The number of hydrogen-bond acceptors (Lipinski definition) is 6. The number of sulfone groups is 1. The molecule has 7 nitrogen and oxygen atoms in total. The van der Waals surface area contributed by atoms with Crippen molar-refractivity contribution in [3.8, 4) is 6.07 Å². The Hall–Kier alpha value is -1.27. The van der Waals surface area contributed by atoms with Crippen molar-refractivity contribution in [1.82, 2.24) is 10.2 Å². The Bertz CT molecular complexity index is 483. The fraction of sp³-hybridized carbons (Fsp3) is 0.667. The zero-order valence-electron chi connectivity index (χ0n) is 9.75. The van der Waals surface area contributed by atoms with Crippen LogP contribution in [0.4, 0.5) is 0 Å². The SMILES string of the molecule is CS(=O)(=O)C1CSCCN1C(=O)C(=O)NCC#N. The van der Waals surface area contributed by atoms with Crippen molar-refractivity contribution in [2.45, 2.75) is 5.37 Å². The number of rotatable bonds is 2. The van der Waals surface area contributed by atoms with Crippen LogP contribution in [0.1, 0.15) is 0 Å². The van der Waals surface area contributed by atoms with Crippen LogP contribution >= 0.6 is 11.8 Å². The molecule has 0 aromatic heterocycles. The molecule has 1 saturated heterocycles. The minimum Gasteiger partial charge on any atom is -0.335 e. The fourth-order valence-electron chi connectivity index (χ4n) is 1.49. The van der Waals surface area contributed by atoms with Gasteiger partial charge in [0.05, 0.1) is 6.07 Å². The molecule has 0 aliphatic carbocycles. The highest BCUT2D eigenvalue weighted by Crippen LogP contribution is 2.20. The topological polar surface area (TPSA) is 107 Å². The summed E-state index contributed by atoms with van der Waals surface area (Å²) < 4.78 is 23.1. The maximum atomic E-state index is 11.8. The number of nitrogens with zero attached hydrogens (tertiary/aromatic N) is 2. The van der Waals surface area contributed by atoms with E-state index in [-0.39, 0.29) is 18.8 Å². The summed E-state index contributed by atoms with van der Waals surface area (Å²) in [4.78, 5) is 24.3. The summed E-state index contributed by atoms with van der Waals surface area (Å²) in [7, 11) is -3.43. The number of thioether (sulfide) groups is 1. The number of carbonyl (C=O) groups excluding carboxylic acids is 2. The summed E-state index contributed by atoms with van der Waals surface area (Å²) in [6, 6.07) is 1.67. The van der Waals surface area contributed by atoms with Gasteiger partial charge >= 0.3 is 11.8 Å². The lowest BCUT2D eigenvalue weighted by Gasteiger charge is -2.33. The Balaban J connectivity index is 2.82. The van der Waals surface area contributed by atoms with Gasteiger partial charge in [0.1, 0.15) is 11.9 Å². The van der Waals surface area contributed by atoms with Crippen LogP contribution < -0.4 is 5.32 Å². The van der Waals surface area contributed by atoms with E-state index in [1.807, 2.05) is 0 Å². The average molecular weight is 291 g/mol. The van der Waals surface area contributed by atoms with Crippen molar-refractivity contribution in [2.24, 2.45) is 0 Å². The molecule has 1 atom stereocenters. The van der Waals surface area contributed by atoms with Crippen LogP contribution in [0.5, 0.6) is 0 Å². The van der Waals surface area contributed by atoms with Crippen molar-refractivity contribution in [3.05, 3.63) is 0 Å².